The van der Waals surface area contributed by atoms with Gasteiger partial charge in [-0.3, -0.25) is 0 Å². The maximum atomic E-state index is 4.25. The standard InChI is InChI=1S/C12H21N3S/c1-9(2)8-13-6-5-11-14-15-12(16-11)7-10-3-4-10/h9-10,13H,3-8H2,1-2H3. The maximum Gasteiger partial charge on any atom is 0.118 e. The summed E-state index contributed by atoms with van der Waals surface area (Å²) in [5, 5.41) is 14.4. The summed E-state index contributed by atoms with van der Waals surface area (Å²) in [6.07, 6.45) is 4.97. The van der Waals surface area contributed by atoms with E-state index in [0.717, 1.165) is 37.8 Å². The van der Waals surface area contributed by atoms with Gasteiger partial charge in [-0.05, 0) is 31.2 Å². The minimum Gasteiger partial charge on any atom is -0.316 e. The van der Waals surface area contributed by atoms with Crippen LogP contribution in [0.3, 0.4) is 0 Å². The molecule has 0 saturated heterocycles. The van der Waals surface area contributed by atoms with Crippen molar-refractivity contribution in [3.05, 3.63) is 10.0 Å². The zero-order chi connectivity index (χ0) is 11.4. The molecular weight excluding hydrogens is 218 g/mol. The van der Waals surface area contributed by atoms with Crippen LogP contribution in [0.1, 0.15) is 36.7 Å². The predicted octanol–water partition coefficient (Wildman–Crippen LogP) is 2.28. The van der Waals surface area contributed by atoms with E-state index in [1.807, 2.05) is 0 Å². The molecule has 0 radical (unpaired) electrons. The lowest BCUT2D eigenvalue weighted by atomic mass is 10.2. The van der Waals surface area contributed by atoms with E-state index in [1.165, 1.54) is 22.9 Å². The fourth-order valence-corrected chi connectivity index (χ4v) is 2.59. The molecule has 0 amide bonds. The first kappa shape index (κ1) is 12.0. The quantitative estimate of drug-likeness (QED) is 0.742. The molecule has 0 atom stereocenters. The summed E-state index contributed by atoms with van der Waals surface area (Å²) in [7, 11) is 0. The van der Waals surface area contributed by atoms with Crippen molar-refractivity contribution in [3.63, 3.8) is 0 Å². The largest absolute Gasteiger partial charge is 0.316 e. The van der Waals surface area contributed by atoms with Crippen molar-refractivity contribution in [2.75, 3.05) is 13.1 Å². The summed E-state index contributed by atoms with van der Waals surface area (Å²) in [6.45, 7) is 6.57. The molecule has 1 N–H and O–H groups in total. The van der Waals surface area contributed by atoms with Crippen LogP contribution >= 0.6 is 11.3 Å². The van der Waals surface area contributed by atoms with Crippen LogP contribution in [0, 0.1) is 11.8 Å². The SMILES string of the molecule is CC(C)CNCCc1nnc(CC2CC2)s1. The molecule has 1 saturated carbocycles. The maximum absolute atomic E-state index is 4.25. The molecule has 0 aliphatic heterocycles. The van der Waals surface area contributed by atoms with Crippen molar-refractivity contribution in [3.8, 4) is 0 Å². The van der Waals surface area contributed by atoms with Crippen molar-refractivity contribution >= 4 is 11.3 Å². The van der Waals surface area contributed by atoms with Crippen LogP contribution in [-0.2, 0) is 12.8 Å². The first-order chi connectivity index (χ1) is 7.74. The second-order valence-corrected chi connectivity index (χ2v) is 6.23. The van der Waals surface area contributed by atoms with Crippen LogP contribution in [0.4, 0.5) is 0 Å². The van der Waals surface area contributed by atoms with E-state index in [4.69, 9.17) is 0 Å². The van der Waals surface area contributed by atoms with Gasteiger partial charge in [-0.1, -0.05) is 13.8 Å². The summed E-state index contributed by atoms with van der Waals surface area (Å²) in [5.74, 6) is 1.64. The van der Waals surface area contributed by atoms with E-state index in [9.17, 15) is 0 Å². The van der Waals surface area contributed by atoms with Gasteiger partial charge < -0.3 is 5.32 Å². The Labute approximate surface area is 102 Å². The van der Waals surface area contributed by atoms with E-state index in [0.29, 0.717) is 0 Å². The molecule has 0 aromatic carbocycles. The summed E-state index contributed by atoms with van der Waals surface area (Å²) in [6, 6.07) is 0. The van der Waals surface area contributed by atoms with Gasteiger partial charge in [0, 0.05) is 19.4 Å². The summed E-state index contributed by atoms with van der Waals surface area (Å²) in [5.41, 5.74) is 0. The van der Waals surface area contributed by atoms with Crippen molar-refractivity contribution in [2.45, 2.75) is 39.5 Å². The van der Waals surface area contributed by atoms with Gasteiger partial charge in [0.2, 0.25) is 0 Å². The molecule has 4 heteroatoms. The Hall–Kier alpha value is -0.480. The predicted molar refractivity (Wildman–Crippen MR) is 67.7 cm³/mol. The van der Waals surface area contributed by atoms with E-state index in [-0.39, 0.29) is 0 Å². The fourth-order valence-electron chi connectivity index (χ4n) is 1.63. The highest BCUT2D eigenvalue weighted by atomic mass is 32.1. The minimum absolute atomic E-state index is 0.722. The molecule has 3 nitrogen and oxygen atoms in total. The van der Waals surface area contributed by atoms with Crippen molar-refractivity contribution in [1.29, 1.82) is 0 Å². The molecule has 0 spiro atoms. The third-order valence-electron chi connectivity index (χ3n) is 2.74. The van der Waals surface area contributed by atoms with E-state index < -0.39 is 0 Å². The summed E-state index contributed by atoms with van der Waals surface area (Å²) in [4.78, 5) is 0. The van der Waals surface area contributed by atoms with E-state index in [2.05, 4.69) is 29.4 Å². The normalized spacial score (nSPS) is 15.9. The van der Waals surface area contributed by atoms with Gasteiger partial charge in [0.15, 0.2) is 0 Å². The minimum atomic E-state index is 0.722. The van der Waals surface area contributed by atoms with E-state index in [1.54, 1.807) is 11.3 Å². The monoisotopic (exact) mass is 239 g/mol. The molecule has 1 fully saturated rings. The molecule has 2 rings (SSSR count). The van der Waals surface area contributed by atoms with Gasteiger partial charge in [0.25, 0.3) is 0 Å². The smallest absolute Gasteiger partial charge is 0.118 e. The molecule has 0 bridgehead atoms. The Morgan fingerprint density at radius 1 is 1.31 bits per heavy atom. The fraction of sp³-hybridized carbons (Fsp3) is 0.833. The topological polar surface area (TPSA) is 37.8 Å². The number of aromatic nitrogens is 2. The molecule has 16 heavy (non-hydrogen) atoms. The molecule has 0 unspecified atom stereocenters. The number of nitrogens with one attached hydrogen (secondary N) is 1. The Bertz CT molecular complexity index is 318. The zero-order valence-electron chi connectivity index (χ0n) is 10.2. The van der Waals surface area contributed by atoms with Crippen LogP contribution in [0.15, 0.2) is 0 Å². The Morgan fingerprint density at radius 3 is 2.75 bits per heavy atom. The third-order valence-corrected chi connectivity index (χ3v) is 3.74. The van der Waals surface area contributed by atoms with Crippen LogP contribution in [0.5, 0.6) is 0 Å². The highest BCUT2D eigenvalue weighted by Crippen LogP contribution is 2.33. The summed E-state index contributed by atoms with van der Waals surface area (Å²) >= 11 is 1.80. The molecule has 1 heterocycles. The molecular formula is C12H21N3S. The lowest BCUT2D eigenvalue weighted by Crippen LogP contribution is -2.22. The highest BCUT2D eigenvalue weighted by Gasteiger charge is 2.23. The highest BCUT2D eigenvalue weighted by molar-refractivity contribution is 7.11. The van der Waals surface area contributed by atoms with Crippen LogP contribution in [0.25, 0.3) is 0 Å². The average Bonchev–Trinajstić information content (AvgIpc) is 2.92. The second kappa shape index (κ2) is 5.73. The molecule has 1 aliphatic rings. The van der Waals surface area contributed by atoms with Crippen LogP contribution in [0.2, 0.25) is 0 Å². The Balaban J connectivity index is 1.66. The van der Waals surface area contributed by atoms with Gasteiger partial charge in [0.1, 0.15) is 10.0 Å². The van der Waals surface area contributed by atoms with Crippen molar-refractivity contribution in [2.24, 2.45) is 11.8 Å². The van der Waals surface area contributed by atoms with Gasteiger partial charge >= 0.3 is 0 Å². The van der Waals surface area contributed by atoms with Gasteiger partial charge in [-0.25, -0.2) is 0 Å². The van der Waals surface area contributed by atoms with Crippen molar-refractivity contribution in [1.82, 2.24) is 15.5 Å². The van der Waals surface area contributed by atoms with Crippen LogP contribution < -0.4 is 5.32 Å². The molecule has 90 valence electrons. The number of hydrogen-bond donors (Lipinski definition) is 1. The number of rotatable bonds is 7. The second-order valence-electron chi connectivity index (χ2n) is 5.09. The Morgan fingerprint density at radius 2 is 2.06 bits per heavy atom. The number of hydrogen-bond acceptors (Lipinski definition) is 4. The van der Waals surface area contributed by atoms with Crippen molar-refractivity contribution < 1.29 is 0 Å². The molecule has 1 aliphatic carbocycles. The molecule has 1 aromatic rings. The zero-order valence-corrected chi connectivity index (χ0v) is 11.0. The first-order valence-corrected chi connectivity index (χ1v) is 7.07. The lowest BCUT2D eigenvalue weighted by molar-refractivity contribution is 0.553. The third kappa shape index (κ3) is 4.18. The number of nitrogens with zero attached hydrogens (tertiary/aromatic N) is 2. The van der Waals surface area contributed by atoms with E-state index >= 15 is 0 Å². The summed E-state index contributed by atoms with van der Waals surface area (Å²) < 4.78 is 0. The first-order valence-electron chi connectivity index (χ1n) is 6.26. The van der Waals surface area contributed by atoms with Gasteiger partial charge in [-0.2, -0.15) is 0 Å². The van der Waals surface area contributed by atoms with Gasteiger partial charge in [0.05, 0.1) is 0 Å². The average molecular weight is 239 g/mol. The van der Waals surface area contributed by atoms with Crippen LogP contribution in [-0.4, -0.2) is 23.3 Å². The molecule has 1 aromatic heterocycles. The lowest BCUT2D eigenvalue weighted by Gasteiger charge is -2.05. The Kier molecular flexibility index (Phi) is 4.29. The van der Waals surface area contributed by atoms with Gasteiger partial charge in [-0.15, -0.1) is 21.5 Å².